The molecule has 1 N–H and O–H groups in total. The fourth-order valence-corrected chi connectivity index (χ4v) is 2.20. The van der Waals surface area contributed by atoms with E-state index >= 15 is 0 Å². The van der Waals surface area contributed by atoms with Gasteiger partial charge in [-0.25, -0.2) is 8.42 Å². The predicted molar refractivity (Wildman–Crippen MR) is 59.9 cm³/mol. The lowest BCUT2D eigenvalue weighted by atomic mass is 10.2. The Morgan fingerprint density at radius 1 is 1.25 bits per heavy atom. The predicted octanol–water partition coefficient (Wildman–Crippen LogP) is 0.667. The van der Waals surface area contributed by atoms with Gasteiger partial charge in [0, 0.05) is 14.0 Å². The fraction of sp³-hybridized carbons (Fsp3) is 0.300. The standard InChI is InChI=1S/C10H14N2O3S/c1-8-4-6-10(7-5-8)16(14,15)12(3)11-9(2)13/h4-7H,1-3H3,(H,11,13). The van der Waals surface area contributed by atoms with Gasteiger partial charge in [-0.15, -0.1) is 4.41 Å². The summed E-state index contributed by atoms with van der Waals surface area (Å²) in [5, 5.41) is 0. The quantitative estimate of drug-likeness (QED) is 0.792. The van der Waals surface area contributed by atoms with E-state index in [-0.39, 0.29) is 4.90 Å². The van der Waals surface area contributed by atoms with Crippen molar-refractivity contribution in [3.63, 3.8) is 0 Å². The molecule has 0 unspecified atom stereocenters. The number of rotatable bonds is 3. The van der Waals surface area contributed by atoms with Gasteiger partial charge in [-0.3, -0.25) is 10.2 Å². The average molecular weight is 242 g/mol. The average Bonchev–Trinajstić information content (AvgIpc) is 2.17. The molecule has 5 nitrogen and oxygen atoms in total. The van der Waals surface area contributed by atoms with Crippen LogP contribution in [0.15, 0.2) is 29.2 Å². The van der Waals surface area contributed by atoms with Crippen LogP contribution in [0.2, 0.25) is 0 Å². The minimum Gasteiger partial charge on any atom is -0.276 e. The Balaban J connectivity index is 3.02. The highest BCUT2D eigenvalue weighted by Gasteiger charge is 2.20. The number of nitrogens with zero attached hydrogens (tertiary/aromatic N) is 1. The summed E-state index contributed by atoms with van der Waals surface area (Å²) in [5.41, 5.74) is 3.18. The molecule has 6 heteroatoms. The molecular formula is C10H14N2O3S. The molecule has 1 aromatic carbocycles. The SMILES string of the molecule is CC(=O)NN(C)S(=O)(=O)c1ccc(C)cc1. The number of hydrazine groups is 1. The monoisotopic (exact) mass is 242 g/mol. The lowest BCUT2D eigenvalue weighted by Crippen LogP contribution is -2.42. The van der Waals surface area contributed by atoms with E-state index in [9.17, 15) is 13.2 Å². The van der Waals surface area contributed by atoms with E-state index in [0.29, 0.717) is 0 Å². The Morgan fingerprint density at radius 2 is 1.75 bits per heavy atom. The molecule has 88 valence electrons. The summed E-state index contributed by atoms with van der Waals surface area (Å²) in [5.74, 6) is -0.432. The second-order valence-electron chi connectivity index (χ2n) is 3.45. The van der Waals surface area contributed by atoms with Crippen LogP contribution in [0.25, 0.3) is 0 Å². The van der Waals surface area contributed by atoms with Crippen LogP contribution in [0.3, 0.4) is 0 Å². The van der Waals surface area contributed by atoms with E-state index in [2.05, 4.69) is 5.43 Å². The van der Waals surface area contributed by atoms with Crippen molar-refractivity contribution in [2.75, 3.05) is 7.05 Å². The molecule has 1 rings (SSSR count). The van der Waals surface area contributed by atoms with Crippen molar-refractivity contribution in [2.24, 2.45) is 0 Å². The van der Waals surface area contributed by atoms with Gasteiger partial charge in [0.25, 0.3) is 10.0 Å². The lowest BCUT2D eigenvalue weighted by Gasteiger charge is -2.17. The Labute approximate surface area is 95.1 Å². The molecule has 0 aliphatic heterocycles. The van der Waals surface area contributed by atoms with Crippen LogP contribution in [-0.2, 0) is 14.8 Å². The second-order valence-corrected chi connectivity index (χ2v) is 5.42. The fourth-order valence-electron chi connectivity index (χ4n) is 1.15. The number of carbonyl (C=O) groups excluding carboxylic acids is 1. The number of sulfonamides is 1. The Kier molecular flexibility index (Phi) is 3.66. The molecule has 0 aliphatic rings. The normalized spacial score (nSPS) is 11.5. The molecule has 0 spiro atoms. The van der Waals surface area contributed by atoms with Gasteiger partial charge in [0.1, 0.15) is 0 Å². The number of aryl methyl sites for hydroxylation is 1. The van der Waals surface area contributed by atoms with Gasteiger partial charge in [-0.1, -0.05) is 17.7 Å². The molecule has 0 atom stereocenters. The van der Waals surface area contributed by atoms with E-state index in [4.69, 9.17) is 0 Å². The molecule has 0 heterocycles. The molecule has 16 heavy (non-hydrogen) atoms. The molecular weight excluding hydrogens is 228 g/mol. The van der Waals surface area contributed by atoms with Crippen LogP contribution in [0.5, 0.6) is 0 Å². The van der Waals surface area contributed by atoms with Crippen LogP contribution >= 0.6 is 0 Å². The zero-order valence-corrected chi connectivity index (χ0v) is 10.2. The maximum atomic E-state index is 11.9. The highest BCUT2D eigenvalue weighted by Crippen LogP contribution is 2.13. The number of nitrogens with one attached hydrogen (secondary N) is 1. The van der Waals surface area contributed by atoms with Crippen molar-refractivity contribution in [3.8, 4) is 0 Å². The first-order valence-corrected chi connectivity index (χ1v) is 6.11. The van der Waals surface area contributed by atoms with E-state index in [0.717, 1.165) is 9.98 Å². The summed E-state index contributed by atoms with van der Waals surface area (Å²) in [4.78, 5) is 10.9. The van der Waals surface area contributed by atoms with Gasteiger partial charge in [0.05, 0.1) is 4.90 Å². The van der Waals surface area contributed by atoms with Crippen LogP contribution in [-0.4, -0.2) is 25.8 Å². The maximum absolute atomic E-state index is 11.9. The van der Waals surface area contributed by atoms with Crippen LogP contribution in [0.1, 0.15) is 12.5 Å². The zero-order chi connectivity index (χ0) is 12.3. The van der Waals surface area contributed by atoms with Crippen molar-refractivity contribution in [2.45, 2.75) is 18.7 Å². The van der Waals surface area contributed by atoms with Gasteiger partial charge < -0.3 is 0 Å². The summed E-state index contributed by atoms with van der Waals surface area (Å²) in [6.07, 6.45) is 0. The first kappa shape index (κ1) is 12.7. The highest BCUT2D eigenvalue weighted by molar-refractivity contribution is 7.89. The summed E-state index contributed by atoms with van der Waals surface area (Å²) in [7, 11) is -2.36. The lowest BCUT2D eigenvalue weighted by molar-refractivity contribution is -0.121. The summed E-state index contributed by atoms with van der Waals surface area (Å²) >= 11 is 0. The third-order valence-electron chi connectivity index (χ3n) is 1.99. The zero-order valence-electron chi connectivity index (χ0n) is 9.39. The topological polar surface area (TPSA) is 66.5 Å². The summed E-state index contributed by atoms with van der Waals surface area (Å²) < 4.78 is 24.6. The van der Waals surface area contributed by atoms with Gasteiger partial charge in [0.2, 0.25) is 5.91 Å². The molecule has 0 aliphatic carbocycles. The maximum Gasteiger partial charge on any atom is 0.259 e. The molecule has 0 saturated carbocycles. The molecule has 0 bridgehead atoms. The van der Waals surface area contributed by atoms with E-state index in [1.54, 1.807) is 12.1 Å². The number of hydrogen-bond acceptors (Lipinski definition) is 3. The van der Waals surface area contributed by atoms with Crippen LogP contribution < -0.4 is 5.43 Å². The van der Waals surface area contributed by atoms with Crippen molar-refractivity contribution < 1.29 is 13.2 Å². The minimum atomic E-state index is -3.65. The minimum absolute atomic E-state index is 0.148. The smallest absolute Gasteiger partial charge is 0.259 e. The number of carbonyl (C=O) groups is 1. The third kappa shape index (κ3) is 2.80. The molecule has 0 radical (unpaired) electrons. The Hall–Kier alpha value is -1.40. The number of amides is 1. The number of hydrogen-bond donors (Lipinski definition) is 1. The van der Waals surface area contributed by atoms with Crippen LogP contribution in [0.4, 0.5) is 0 Å². The largest absolute Gasteiger partial charge is 0.276 e. The van der Waals surface area contributed by atoms with Gasteiger partial charge >= 0.3 is 0 Å². The van der Waals surface area contributed by atoms with E-state index < -0.39 is 15.9 Å². The van der Waals surface area contributed by atoms with E-state index in [1.807, 2.05) is 6.92 Å². The van der Waals surface area contributed by atoms with Crippen molar-refractivity contribution in [1.82, 2.24) is 9.84 Å². The first-order chi connectivity index (χ1) is 7.34. The third-order valence-corrected chi connectivity index (χ3v) is 3.67. The first-order valence-electron chi connectivity index (χ1n) is 4.67. The van der Waals surface area contributed by atoms with E-state index in [1.165, 1.54) is 26.1 Å². The Morgan fingerprint density at radius 3 is 2.19 bits per heavy atom. The van der Waals surface area contributed by atoms with Gasteiger partial charge in [0.15, 0.2) is 0 Å². The molecule has 1 aromatic rings. The van der Waals surface area contributed by atoms with Crippen molar-refractivity contribution in [3.05, 3.63) is 29.8 Å². The summed E-state index contributed by atoms with van der Waals surface area (Å²) in [6.45, 7) is 3.12. The second kappa shape index (κ2) is 4.63. The Bertz CT molecular complexity index is 479. The molecule has 0 saturated heterocycles. The number of benzene rings is 1. The van der Waals surface area contributed by atoms with Crippen molar-refractivity contribution in [1.29, 1.82) is 0 Å². The molecule has 1 amide bonds. The van der Waals surface area contributed by atoms with Crippen molar-refractivity contribution >= 4 is 15.9 Å². The van der Waals surface area contributed by atoms with Crippen LogP contribution in [0, 0.1) is 6.92 Å². The highest BCUT2D eigenvalue weighted by atomic mass is 32.2. The molecule has 0 aromatic heterocycles. The van der Waals surface area contributed by atoms with Gasteiger partial charge in [-0.2, -0.15) is 0 Å². The molecule has 0 fully saturated rings. The summed E-state index contributed by atoms with van der Waals surface area (Å²) in [6, 6.07) is 6.41. The van der Waals surface area contributed by atoms with Gasteiger partial charge in [-0.05, 0) is 19.1 Å².